The predicted octanol–water partition coefficient (Wildman–Crippen LogP) is 4.82. The molecule has 2 aromatic rings. The molecule has 35 heavy (non-hydrogen) atoms. The molecule has 1 aromatic carbocycles. The summed E-state index contributed by atoms with van der Waals surface area (Å²) < 4.78 is 24.8. The lowest BCUT2D eigenvalue weighted by molar-refractivity contribution is -0.138. The first-order chi connectivity index (χ1) is 16.4. The molecule has 3 amide bonds. The van der Waals surface area contributed by atoms with E-state index in [0.717, 1.165) is 41.7 Å². The summed E-state index contributed by atoms with van der Waals surface area (Å²) >= 11 is 6.98. The van der Waals surface area contributed by atoms with Gasteiger partial charge in [-0.3, -0.25) is 4.79 Å². The standard InChI is InChI=1S/C23H22ClFN2O6SSi/c1-35(2,3)10-8-32-18(28)6-7-19(29)33-21(17-5-4-9-34-17)20-13-11-15(25)14(24)12-16(13)27(22(20)30)23(26)31/h4-7,9,11-12H,8,10H2,1-3H3,(H2,26,31)/b7-6+,21-20-. The Hall–Kier alpha value is -3.28. The second-order valence-electron chi connectivity index (χ2n) is 8.68. The van der Waals surface area contributed by atoms with Crippen LogP contribution < -0.4 is 10.6 Å². The van der Waals surface area contributed by atoms with Crippen LogP contribution in [0, 0.1) is 5.82 Å². The van der Waals surface area contributed by atoms with Gasteiger partial charge in [0.15, 0.2) is 5.76 Å². The van der Waals surface area contributed by atoms with E-state index >= 15 is 0 Å². The number of nitrogens with zero attached hydrogens (tertiary/aromatic N) is 1. The smallest absolute Gasteiger partial charge is 0.336 e. The number of carbonyl (C=O) groups is 4. The van der Waals surface area contributed by atoms with Crippen LogP contribution in [0.2, 0.25) is 30.7 Å². The van der Waals surface area contributed by atoms with E-state index < -0.39 is 37.8 Å². The molecule has 8 nitrogen and oxygen atoms in total. The van der Waals surface area contributed by atoms with Gasteiger partial charge in [0.2, 0.25) is 0 Å². The van der Waals surface area contributed by atoms with Crippen molar-refractivity contribution >= 4 is 71.9 Å². The average molecular weight is 537 g/mol. The minimum atomic E-state index is -1.40. The number of nitrogens with two attached hydrogens (primary N) is 1. The van der Waals surface area contributed by atoms with E-state index in [2.05, 4.69) is 19.6 Å². The fourth-order valence-electron chi connectivity index (χ4n) is 3.11. The van der Waals surface area contributed by atoms with E-state index in [0.29, 0.717) is 9.78 Å². The Morgan fingerprint density at radius 3 is 2.49 bits per heavy atom. The van der Waals surface area contributed by atoms with Crippen LogP contribution in [0.25, 0.3) is 11.3 Å². The number of esters is 2. The topological polar surface area (TPSA) is 116 Å². The highest BCUT2D eigenvalue weighted by atomic mass is 35.5. The quantitative estimate of drug-likeness (QED) is 0.235. The number of hydrogen-bond acceptors (Lipinski definition) is 7. The summed E-state index contributed by atoms with van der Waals surface area (Å²) in [6.45, 7) is 6.64. The summed E-state index contributed by atoms with van der Waals surface area (Å²) in [6.07, 6.45) is 1.78. The van der Waals surface area contributed by atoms with E-state index in [1.807, 2.05) is 0 Å². The summed E-state index contributed by atoms with van der Waals surface area (Å²) in [4.78, 5) is 50.6. The highest BCUT2D eigenvalue weighted by Crippen LogP contribution is 2.44. The Balaban J connectivity index is 1.95. The molecular formula is C23H22ClFN2O6SSi. The van der Waals surface area contributed by atoms with Crippen molar-refractivity contribution in [3.8, 4) is 0 Å². The van der Waals surface area contributed by atoms with Crippen LogP contribution in [-0.2, 0) is 23.9 Å². The van der Waals surface area contributed by atoms with Crippen molar-refractivity contribution in [1.82, 2.24) is 0 Å². The Labute approximate surface area is 210 Å². The number of rotatable bonds is 7. The van der Waals surface area contributed by atoms with Crippen LogP contribution >= 0.6 is 22.9 Å². The molecule has 1 aliphatic rings. The number of anilines is 1. The molecule has 1 aliphatic heterocycles. The number of halogens is 2. The zero-order chi connectivity index (χ0) is 25.9. The van der Waals surface area contributed by atoms with Gasteiger partial charge in [-0.25, -0.2) is 23.7 Å². The normalized spacial score (nSPS) is 14.8. The molecule has 0 saturated carbocycles. The SMILES string of the molecule is C[Si](C)(C)CCOC(=O)/C=C/C(=O)O/C(=C1\C(=O)N(C(N)=O)c2cc(Cl)c(F)cc21)c1cccs1. The maximum Gasteiger partial charge on any atom is 0.336 e. The molecular weight excluding hydrogens is 515 g/mol. The number of hydrogen-bond donors (Lipinski definition) is 1. The minimum absolute atomic E-state index is 0.0263. The molecule has 0 fully saturated rings. The molecule has 184 valence electrons. The number of primary amides is 1. The Morgan fingerprint density at radius 2 is 1.89 bits per heavy atom. The highest BCUT2D eigenvalue weighted by molar-refractivity contribution is 7.11. The third-order valence-corrected chi connectivity index (χ3v) is 7.68. The molecule has 1 aromatic heterocycles. The van der Waals surface area contributed by atoms with Gasteiger partial charge < -0.3 is 15.2 Å². The molecule has 2 heterocycles. The van der Waals surface area contributed by atoms with Gasteiger partial charge in [-0.1, -0.05) is 37.3 Å². The zero-order valence-corrected chi connectivity index (χ0v) is 21.7. The van der Waals surface area contributed by atoms with E-state index in [-0.39, 0.29) is 34.2 Å². The van der Waals surface area contributed by atoms with E-state index in [1.54, 1.807) is 17.5 Å². The third-order valence-electron chi connectivity index (χ3n) is 4.81. The lowest BCUT2D eigenvalue weighted by atomic mass is 10.0. The molecule has 0 bridgehead atoms. The largest absolute Gasteiger partial charge is 0.463 e. The lowest BCUT2D eigenvalue weighted by Crippen LogP contribution is -2.38. The molecule has 3 rings (SSSR count). The molecule has 0 unspecified atom stereocenters. The summed E-state index contributed by atoms with van der Waals surface area (Å²) in [5, 5.41) is 1.35. The van der Waals surface area contributed by atoms with Crippen LogP contribution in [0.15, 0.2) is 41.8 Å². The number of benzene rings is 1. The van der Waals surface area contributed by atoms with Gasteiger partial charge in [0.1, 0.15) is 5.82 Å². The van der Waals surface area contributed by atoms with E-state index in [4.69, 9.17) is 26.8 Å². The van der Waals surface area contributed by atoms with Gasteiger partial charge in [-0.05, 0) is 29.6 Å². The number of carbonyl (C=O) groups excluding carboxylic acids is 4. The first-order valence-corrected chi connectivity index (χ1v) is 15.3. The van der Waals surface area contributed by atoms with Gasteiger partial charge in [-0.2, -0.15) is 0 Å². The van der Waals surface area contributed by atoms with Crippen molar-refractivity contribution < 1.29 is 33.0 Å². The van der Waals surface area contributed by atoms with Crippen LogP contribution in [0.3, 0.4) is 0 Å². The van der Waals surface area contributed by atoms with Crippen LogP contribution in [-0.4, -0.2) is 38.6 Å². The van der Waals surface area contributed by atoms with Crippen molar-refractivity contribution in [2.75, 3.05) is 11.5 Å². The zero-order valence-electron chi connectivity index (χ0n) is 19.1. The third kappa shape index (κ3) is 6.24. The summed E-state index contributed by atoms with van der Waals surface area (Å²) in [5.41, 5.74) is 5.04. The van der Waals surface area contributed by atoms with E-state index in [1.165, 1.54) is 0 Å². The molecule has 12 heteroatoms. The first-order valence-electron chi connectivity index (χ1n) is 10.4. The fraction of sp³-hybridized carbons (Fsp3) is 0.217. The summed E-state index contributed by atoms with van der Waals surface area (Å²) in [7, 11) is -1.40. The number of ether oxygens (including phenoxy) is 2. The van der Waals surface area contributed by atoms with Gasteiger partial charge >= 0.3 is 18.0 Å². The second-order valence-corrected chi connectivity index (χ2v) is 15.7. The predicted molar refractivity (Wildman–Crippen MR) is 134 cm³/mol. The fourth-order valence-corrected chi connectivity index (χ4v) is 4.69. The van der Waals surface area contributed by atoms with Crippen molar-refractivity contribution in [3.05, 3.63) is 63.1 Å². The van der Waals surface area contributed by atoms with Gasteiger partial charge in [-0.15, -0.1) is 11.3 Å². The number of urea groups is 1. The number of amides is 3. The number of imide groups is 1. The van der Waals surface area contributed by atoms with Crippen LogP contribution in [0.5, 0.6) is 0 Å². The Morgan fingerprint density at radius 1 is 1.20 bits per heavy atom. The summed E-state index contributed by atoms with van der Waals surface area (Å²) in [5.74, 6) is -3.69. The van der Waals surface area contributed by atoms with E-state index in [9.17, 15) is 23.6 Å². The number of thiophene rings is 1. The minimum Gasteiger partial charge on any atom is -0.463 e. The van der Waals surface area contributed by atoms with Crippen LogP contribution in [0.4, 0.5) is 14.9 Å². The average Bonchev–Trinajstić information content (AvgIpc) is 3.37. The van der Waals surface area contributed by atoms with Gasteiger partial charge in [0.25, 0.3) is 5.91 Å². The Bertz CT molecular complexity index is 1250. The van der Waals surface area contributed by atoms with Gasteiger partial charge in [0, 0.05) is 25.8 Å². The van der Waals surface area contributed by atoms with Crippen molar-refractivity contribution in [1.29, 1.82) is 0 Å². The highest BCUT2D eigenvalue weighted by Gasteiger charge is 2.40. The molecule has 0 spiro atoms. The molecule has 2 N–H and O–H groups in total. The van der Waals surface area contributed by atoms with Crippen molar-refractivity contribution in [3.63, 3.8) is 0 Å². The summed E-state index contributed by atoms with van der Waals surface area (Å²) in [6, 6.07) is 4.92. The maximum atomic E-state index is 14.3. The molecule has 0 atom stereocenters. The number of fused-ring (bicyclic) bond motifs is 1. The molecule has 0 aliphatic carbocycles. The van der Waals surface area contributed by atoms with Crippen molar-refractivity contribution in [2.24, 2.45) is 5.73 Å². The first kappa shape index (κ1) is 26.3. The lowest BCUT2D eigenvalue weighted by Gasteiger charge is -2.14. The monoisotopic (exact) mass is 536 g/mol. The van der Waals surface area contributed by atoms with Crippen LogP contribution in [0.1, 0.15) is 10.4 Å². The maximum absolute atomic E-state index is 14.3. The molecule has 0 radical (unpaired) electrons. The van der Waals surface area contributed by atoms with Crippen molar-refractivity contribution in [2.45, 2.75) is 25.7 Å². The molecule has 0 saturated heterocycles. The van der Waals surface area contributed by atoms with Gasteiger partial charge in [0.05, 0.1) is 27.8 Å². The Kier molecular flexibility index (Phi) is 7.93. The second kappa shape index (κ2) is 10.5.